The van der Waals surface area contributed by atoms with Crippen LogP contribution >= 0.6 is 0 Å². The Balaban J connectivity index is 0.000000509. The molecule has 0 aromatic rings. The summed E-state index contributed by atoms with van der Waals surface area (Å²) in [5.41, 5.74) is 3.36. The highest BCUT2D eigenvalue weighted by atomic mass is 14.6. The Morgan fingerprint density at radius 2 is 1.94 bits per heavy atom. The highest BCUT2D eigenvalue weighted by Crippen LogP contribution is 2.62. The second kappa shape index (κ2) is 6.73. The Labute approximate surface area is 102 Å². The number of hydrogen-bond donors (Lipinski definition) is 0. The van der Waals surface area contributed by atoms with Crippen LogP contribution in [-0.2, 0) is 0 Å². The van der Waals surface area contributed by atoms with Crippen LogP contribution in [0.25, 0.3) is 0 Å². The van der Waals surface area contributed by atoms with Crippen molar-refractivity contribution in [2.24, 2.45) is 11.3 Å². The molecule has 16 heavy (non-hydrogen) atoms. The van der Waals surface area contributed by atoms with Gasteiger partial charge in [-0.2, -0.15) is 0 Å². The van der Waals surface area contributed by atoms with Gasteiger partial charge in [0.25, 0.3) is 0 Å². The summed E-state index contributed by atoms with van der Waals surface area (Å²) >= 11 is 0. The molecule has 0 radical (unpaired) electrons. The van der Waals surface area contributed by atoms with Gasteiger partial charge >= 0.3 is 0 Å². The predicted molar refractivity (Wildman–Crippen MR) is 75.6 cm³/mol. The van der Waals surface area contributed by atoms with Crippen LogP contribution < -0.4 is 0 Å². The molecule has 2 aliphatic carbocycles. The largest absolute Gasteiger partial charge is 0.100 e. The van der Waals surface area contributed by atoms with E-state index < -0.39 is 0 Å². The van der Waals surface area contributed by atoms with Crippen LogP contribution in [0.2, 0.25) is 0 Å². The summed E-state index contributed by atoms with van der Waals surface area (Å²) in [5, 5.41) is 0. The van der Waals surface area contributed by atoms with Crippen LogP contribution in [0, 0.1) is 11.3 Å². The van der Waals surface area contributed by atoms with Crippen molar-refractivity contribution in [2.75, 3.05) is 0 Å². The fourth-order valence-corrected chi connectivity index (χ4v) is 2.44. The van der Waals surface area contributed by atoms with Gasteiger partial charge in [-0.05, 0) is 38.0 Å². The lowest BCUT2D eigenvalue weighted by atomic mass is 9.89. The van der Waals surface area contributed by atoms with E-state index in [1.165, 1.54) is 18.4 Å². The van der Waals surface area contributed by atoms with Gasteiger partial charge in [0.05, 0.1) is 0 Å². The van der Waals surface area contributed by atoms with E-state index in [2.05, 4.69) is 38.7 Å². The molecule has 0 N–H and O–H groups in total. The second-order valence-corrected chi connectivity index (χ2v) is 4.39. The number of rotatable bonds is 2. The summed E-state index contributed by atoms with van der Waals surface area (Å²) in [5.74, 6) is 0.833. The van der Waals surface area contributed by atoms with E-state index in [0.717, 1.165) is 5.92 Å². The van der Waals surface area contributed by atoms with E-state index in [1.54, 1.807) is 5.57 Å². The normalized spacial score (nSPS) is 28.6. The molecule has 1 fully saturated rings. The lowest BCUT2D eigenvalue weighted by Gasteiger charge is -2.15. The summed E-state index contributed by atoms with van der Waals surface area (Å²) in [6, 6.07) is 0. The average Bonchev–Trinajstić information content (AvgIpc) is 2.99. The van der Waals surface area contributed by atoms with Crippen LogP contribution in [0.4, 0.5) is 0 Å². The zero-order valence-corrected chi connectivity index (χ0v) is 11.9. The van der Waals surface area contributed by atoms with Crippen LogP contribution in [-0.4, -0.2) is 0 Å². The maximum absolute atomic E-state index is 3.99. The minimum Gasteiger partial charge on any atom is -0.100 e. The summed E-state index contributed by atoms with van der Waals surface area (Å²) in [6.45, 7) is 16.4. The van der Waals surface area contributed by atoms with Crippen LogP contribution in [0.5, 0.6) is 0 Å². The van der Waals surface area contributed by atoms with Crippen LogP contribution in [0.15, 0.2) is 36.0 Å². The molecule has 0 aliphatic heterocycles. The van der Waals surface area contributed by atoms with Crippen LogP contribution in [0.1, 0.15) is 54.4 Å². The molecular weight excluding hydrogens is 192 g/mol. The molecule has 0 spiro atoms. The van der Waals surface area contributed by atoms with Gasteiger partial charge in [0, 0.05) is 0 Å². The van der Waals surface area contributed by atoms with Crippen LogP contribution in [0.3, 0.4) is 0 Å². The quantitative estimate of drug-likeness (QED) is 0.537. The van der Waals surface area contributed by atoms with Gasteiger partial charge < -0.3 is 0 Å². The highest BCUT2D eigenvalue weighted by molar-refractivity contribution is 5.36. The van der Waals surface area contributed by atoms with Crippen molar-refractivity contribution in [1.29, 1.82) is 0 Å². The summed E-state index contributed by atoms with van der Waals surface area (Å²) in [4.78, 5) is 0. The number of allylic oxidation sites excluding steroid dienone is 5. The SMILES string of the molecule is C=C(C)CC12C=CC=C(C)C1C2.CC.CC. The highest BCUT2D eigenvalue weighted by Gasteiger charge is 2.52. The molecule has 2 rings (SSSR count). The number of fused-ring (bicyclic) bond motifs is 1. The number of hydrogen-bond acceptors (Lipinski definition) is 0. The maximum atomic E-state index is 3.99. The summed E-state index contributed by atoms with van der Waals surface area (Å²) < 4.78 is 0. The van der Waals surface area contributed by atoms with E-state index in [1.807, 2.05) is 27.7 Å². The van der Waals surface area contributed by atoms with Crippen molar-refractivity contribution in [3.05, 3.63) is 36.0 Å². The summed E-state index contributed by atoms with van der Waals surface area (Å²) in [7, 11) is 0. The molecule has 0 bridgehead atoms. The molecule has 2 unspecified atom stereocenters. The lowest BCUT2D eigenvalue weighted by Crippen LogP contribution is -2.04. The molecule has 2 aliphatic rings. The molecular formula is C16H28. The first kappa shape index (κ1) is 15.2. The third-order valence-electron chi connectivity index (χ3n) is 3.09. The minimum absolute atomic E-state index is 0.491. The van der Waals surface area contributed by atoms with Crippen molar-refractivity contribution in [2.45, 2.75) is 54.4 Å². The van der Waals surface area contributed by atoms with E-state index in [4.69, 9.17) is 0 Å². The van der Waals surface area contributed by atoms with Gasteiger partial charge in [-0.25, -0.2) is 0 Å². The maximum Gasteiger partial charge on any atom is -0.000651 e. The van der Waals surface area contributed by atoms with Crippen molar-refractivity contribution >= 4 is 0 Å². The van der Waals surface area contributed by atoms with Crippen molar-refractivity contribution < 1.29 is 0 Å². The van der Waals surface area contributed by atoms with E-state index in [0.29, 0.717) is 5.41 Å². The standard InChI is InChI=1S/C12H16.2C2H6/c1-9(2)7-12-6-4-5-10(3)11(12)8-12;2*1-2/h4-6,11H,1,7-8H2,2-3H3;2*1-2H3. The van der Waals surface area contributed by atoms with Gasteiger partial charge in [0.1, 0.15) is 0 Å². The van der Waals surface area contributed by atoms with E-state index >= 15 is 0 Å². The fourth-order valence-electron chi connectivity index (χ4n) is 2.44. The molecule has 0 aromatic heterocycles. The van der Waals surface area contributed by atoms with Crippen molar-refractivity contribution in [3.8, 4) is 0 Å². The predicted octanol–water partition coefficient (Wildman–Crippen LogP) is 5.53. The molecule has 92 valence electrons. The first-order chi connectivity index (χ1) is 7.64. The lowest BCUT2D eigenvalue weighted by molar-refractivity contribution is 0.589. The minimum atomic E-state index is 0.491. The van der Waals surface area contributed by atoms with Crippen molar-refractivity contribution in [3.63, 3.8) is 0 Å². The zero-order valence-electron chi connectivity index (χ0n) is 11.9. The monoisotopic (exact) mass is 220 g/mol. The molecule has 0 heterocycles. The topological polar surface area (TPSA) is 0 Å². The Hall–Kier alpha value is -0.780. The first-order valence-corrected chi connectivity index (χ1v) is 6.64. The van der Waals surface area contributed by atoms with Gasteiger partial charge in [0.15, 0.2) is 0 Å². The molecule has 0 amide bonds. The molecule has 1 saturated carbocycles. The smallest absolute Gasteiger partial charge is 0.000651 e. The fraction of sp³-hybridized carbons (Fsp3) is 0.625. The molecule has 0 aromatic carbocycles. The van der Waals surface area contributed by atoms with Crippen molar-refractivity contribution in [1.82, 2.24) is 0 Å². The zero-order chi connectivity index (χ0) is 12.8. The third kappa shape index (κ3) is 3.37. The summed E-state index contributed by atoms with van der Waals surface area (Å²) in [6.07, 6.45) is 9.35. The molecule has 0 saturated heterocycles. The molecule has 0 nitrogen and oxygen atoms in total. The van der Waals surface area contributed by atoms with Gasteiger partial charge in [-0.1, -0.05) is 57.1 Å². The average molecular weight is 220 g/mol. The van der Waals surface area contributed by atoms with E-state index in [9.17, 15) is 0 Å². The Kier molecular flexibility index (Phi) is 6.40. The third-order valence-corrected chi connectivity index (χ3v) is 3.09. The van der Waals surface area contributed by atoms with Gasteiger partial charge in [-0.3, -0.25) is 0 Å². The van der Waals surface area contributed by atoms with E-state index in [-0.39, 0.29) is 0 Å². The molecule has 2 atom stereocenters. The molecule has 0 heteroatoms. The second-order valence-electron chi connectivity index (χ2n) is 4.39. The first-order valence-electron chi connectivity index (χ1n) is 6.64. The Morgan fingerprint density at radius 3 is 2.44 bits per heavy atom. The Bertz CT molecular complexity index is 280. The Morgan fingerprint density at radius 1 is 1.38 bits per heavy atom. The van der Waals surface area contributed by atoms with Gasteiger partial charge in [-0.15, -0.1) is 6.58 Å². The van der Waals surface area contributed by atoms with Gasteiger partial charge in [0.2, 0.25) is 0 Å².